The van der Waals surface area contributed by atoms with E-state index in [1.165, 1.54) is 49.9 Å². The SMILES string of the molecule is CSC1CCN(C2CCc3cc(N)ccc32)CC1. The molecule has 2 nitrogen and oxygen atoms in total. The molecule has 1 heterocycles. The fourth-order valence-electron chi connectivity index (χ4n) is 3.42. The molecule has 2 aliphatic rings. The molecule has 98 valence electrons. The van der Waals surface area contributed by atoms with Crippen LogP contribution in [0.4, 0.5) is 5.69 Å². The zero-order valence-electron chi connectivity index (χ0n) is 11.1. The lowest BCUT2D eigenvalue weighted by atomic mass is 10.0. The molecule has 18 heavy (non-hydrogen) atoms. The van der Waals surface area contributed by atoms with Gasteiger partial charge in [0.2, 0.25) is 0 Å². The molecule has 0 spiro atoms. The van der Waals surface area contributed by atoms with Crippen LogP contribution in [-0.4, -0.2) is 29.5 Å². The molecule has 1 aromatic carbocycles. The van der Waals surface area contributed by atoms with Gasteiger partial charge in [-0.25, -0.2) is 0 Å². The highest BCUT2D eigenvalue weighted by atomic mass is 32.2. The first kappa shape index (κ1) is 12.4. The van der Waals surface area contributed by atoms with Gasteiger partial charge in [0.25, 0.3) is 0 Å². The predicted molar refractivity (Wildman–Crippen MR) is 80.0 cm³/mol. The number of nitrogen functional groups attached to an aromatic ring is 1. The van der Waals surface area contributed by atoms with E-state index in [4.69, 9.17) is 5.73 Å². The maximum absolute atomic E-state index is 5.87. The van der Waals surface area contributed by atoms with Crippen molar-refractivity contribution in [3.63, 3.8) is 0 Å². The van der Waals surface area contributed by atoms with Crippen LogP contribution in [0.5, 0.6) is 0 Å². The van der Waals surface area contributed by atoms with Crippen LogP contribution in [0.2, 0.25) is 0 Å². The summed E-state index contributed by atoms with van der Waals surface area (Å²) in [7, 11) is 0. The third-order valence-corrected chi connectivity index (χ3v) is 5.60. The molecule has 0 radical (unpaired) electrons. The Hall–Kier alpha value is -0.670. The first-order valence-corrected chi connectivity index (χ1v) is 8.22. The summed E-state index contributed by atoms with van der Waals surface area (Å²) in [5.74, 6) is 0. The second-order valence-electron chi connectivity index (χ2n) is 5.48. The van der Waals surface area contributed by atoms with Gasteiger partial charge in [0, 0.05) is 17.0 Å². The Morgan fingerprint density at radius 3 is 2.72 bits per heavy atom. The quantitative estimate of drug-likeness (QED) is 0.831. The molecule has 0 bridgehead atoms. The number of thioether (sulfide) groups is 1. The second kappa shape index (κ2) is 5.14. The van der Waals surface area contributed by atoms with Gasteiger partial charge in [-0.3, -0.25) is 4.90 Å². The van der Waals surface area contributed by atoms with E-state index in [1.54, 1.807) is 0 Å². The molecule has 1 fully saturated rings. The normalized spacial score (nSPS) is 25.3. The molecule has 0 aromatic heterocycles. The number of anilines is 1. The Balaban J connectivity index is 1.73. The minimum Gasteiger partial charge on any atom is -0.399 e. The largest absolute Gasteiger partial charge is 0.399 e. The molecule has 1 unspecified atom stereocenters. The molecule has 1 atom stereocenters. The number of likely N-dealkylation sites (tertiary alicyclic amines) is 1. The van der Waals surface area contributed by atoms with Gasteiger partial charge < -0.3 is 5.73 Å². The number of fused-ring (bicyclic) bond motifs is 1. The maximum atomic E-state index is 5.87. The zero-order chi connectivity index (χ0) is 12.5. The van der Waals surface area contributed by atoms with Crippen molar-refractivity contribution in [3.8, 4) is 0 Å². The highest BCUT2D eigenvalue weighted by molar-refractivity contribution is 7.99. The van der Waals surface area contributed by atoms with E-state index in [1.807, 2.05) is 11.8 Å². The van der Waals surface area contributed by atoms with Crippen molar-refractivity contribution < 1.29 is 0 Å². The Kier molecular flexibility index (Phi) is 3.53. The second-order valence-corrected chi connectivity index (χ2v) is 6.62. The average molecular weight is 262 g/mol. The summed E-state index contributed by atoms with van der Waals surface area (Å²) in [5, 5.41) is 0.883. The van der Waals surface area contributed by atoms with Gasteiger partial charge in [0.1, 0.15) is 0 Å². The van der Waals surface area contributed by atoms with E-state index >= 15 is 0 Å². The summed E-state index contributed by atoms with van der Waals surface area (Å²) in [5.41, 5.74) is 9.80. The fourth-order valence-corrected chi connectivity index (χ4v) is 4.10. The molecule has 2 N–H and O–H groups in total. The maximum Gasteiger partial charge on any atom is 0.0354 e. The lowest BCUT2D eigenvalue weighted by Gasteiger charge is -2.35. The standard InChI is InChI=1S/C15H22N2S/c1-18-13-6-8-17(9-7-13)15-5-2-11-10-12(16)3-4-14(11)15/h3-4,10,13,15H,2,5-9,16H2,1H3. The molecular formula is C15H22N2S. The van der Waals surface area contributed by atoms with Crippen LogP contribution in [0, 0.1) is 0 Å². The third kappa shape index (κ3) is 2.26. The van der Waals surface area contributed by atoms with Gasteiger partial charge in [-0.1, -0.05) is 6.07 Å². The van der Waals surface area contributed by atoms with Gasteiger partial charge in [-0.2, -0.15) is 11.8 Å². The average Bonchev–Trinajstić information content (AvgIpc) is 2.81. The van der Waals surface area contributed by atoms with Crippen LogP contribution in [0.1, 0.15) is 36.4 Å². The predicted octanol–water partition coefficient (Wildman–Crippen LogP) is 3.08. The van der Waals surface area contributed by atoms with Crippen molar-refractivity contribution in [2.24, 2.45) is 0 Å². The van der Waals surface area contributed by atoms with Gasteiger partial charge in [0.05, 0.1) is 0 Å². The minimum absolute atomic E-state index is 0.656. The van der Waals surface area contributed by atoms with Crippen molar-refractivity contribution in [1.29, 1.82) is 0 Å². The Bertz CT molecular complexity index is 425. The zero-order valence-corrected chi connectivity index (χ0v) is 11.9. The summed E-state index contributed by atoms with van der Waals surface area (Å²) in [6, 6.07) is 7.14. The lowest BCUT2D eigenvalue weighted by Crippen LogP contribution is -2.36. The third-order valence-electron chi connectivity index (χ3n) is 4.46. The number of rotatable bonds is 2. The first-order valence-electron chi connectivity index (χ1n) is 6.93. The Morgan fingerprint density at radius 1 is 1.22 bits per heavy atom. The van der Waals surface area contributed by atoms with Crippen LogP contribution < -0.4 is 5.73 Å². The molecular weight excluding hydrogens is 240 g/mol. The van der Waals surface area contributed by atoms with Crippen LogP contribution in [0.3, 0.4) is 0 Å². The van der Waals surface area contributed by atoms with E-state index in [2.05, 4.69) is 29.4 Å². The summed E-state index contributed by atoms with van der Waals surface area (Å²) >= 11 is 2.03. The summed E-state index contributed by atoms with van der Waals surface area (Å²) in [6.45, 7) is 2.53. The van der Waals surface area contributed by atoms with Crippen molar-refractivity contribution in [3.05, 3.63) is 29.3 Å². The summed E-state index contributed by atoms with van der Waals surface area (Å²) in [6.07, 6.45) is 7.42. The number of aryl methyl sites for hydroxylation is 1. The fraction of sp³-hybridized carbons (Fsp3) is 0.600. The van der Waals surface area contributed by atoms with Gasteiger partial charge in [0.15, 0.2) is 0 Å². The van der Waals surface area contributed by atoms with Crippen LogP contribution in [0.25, 0.3) is 0 Å². The Morgan fingerprint density at radius 2 is 2.00 bits per heavy atom. The van der Waals surface area contributed by atoms with E-state index in [9.17, 15) is 0 Å². The number of nitrogens with two attached hydrogens (primary N) is 1. The highest BCUT2D eigenvalue weighted by Gasteiger charge is 2.30. The first-order chi connectivity index (χ1) is 8.78. The number of piperidine rings is 1. The van der Waals surface area contributed by atoms with Crippen molar-refractivity contribution in [2.45, 2.75) is 37.0 Å². The monoisotopic (exact) mass is 262 g/mol. The minimum atomic E-state index is 0.656. The van der Waals surface area contributed by atoms with E-state index in [-0.39, 0.29) is 0 Å². The van der Waals surface area contributed by atoms with E-state index in [0.29, 0.717) is 6.04 Å². The van der Waals surface area contributed by atoms with Crippen LogP contribution in [0.15, 0.2) is 18.2 Å². The van der Waals surface area contributed by atoms with Gasteiger partial charge in [-0.15, -0.1) is 0 Å². The molecule has 3 heteroatoms. The molecule has 0 saturated carbocycles. The molecule has 1 saturated heterocycles. The topological polar surface area (TPSA) is 29.3 Å². The van der Waals surface area contributed by atoms with Gasteiger partial charge in [-0.05, 0) is 68.3 Å². The molecule has 3 rings (SSSR count). The van der Waals surface area contributed by atoms with E-state index < -0.39 is 0 Å². The highest BCUT2D eigenvalue weighted by Crippen LogP contribution is 2.38. The van der Waals surface area contributed by atoms with Crippen molar-refractivity contribution >= 4 is 17.4 Å². The van der Waals surface area contributed by atoms with Crippen LogP contribution >= 0.6 is 11.8 Å². The van der Waals surface area contributed by atoms with Crippen molar-refractivity contribution in [1.82, 2.24) is 4.90 Å². The van der Waals surface area contributed by atoms with Crippen LogP contribution in [-0.2, 0) is 6.42 Å². The summed E-state index contributed by atoms with van der Waals surface area (Å²) < 4.78 is 0. The number of hydrogen-bond acceptors (Lipinski definition) is 3. The molecule has 1 aliphatic carbocycles. The van der Waals surface area contributed by atoms with Gasteiger partial charge >= 0.3 is 0 Å². The molecule has 0 amide bonds. The van der Waals surface area contributed by atoms with E-state index in [0.717, 1.165) is 10.9 Å². The molecule has 1 aromatic rings. The number of benzene rings is 1. The van der Waals surface area contributed by atoms with Crippen molar-refractivity contribution in [2.75, 3.05) is 25.1 Å². The smallest absolute Gasteiger partial charge is 0.0354 e. The number of nitrogens with zero attached hydrogens (tertiary/aromatic N) is 1. The molecule has 1 aliphatic heterocycles. The summed E-state index contributed by atoms with van der Waals surface area (Å²) in [4.78, 5) is 2.69. The number of hydrogen-bond donors (Lipinski definition) is 1. The Labute approximate surface area is 114 Å². The lowest BCUT2D eigenvalue weighted by molar-refractivity contribution is 0.166.